The zero-order chi connectivity index (χ0) is 12.0. The van der Waals surface area contributed by atoms with Gasteiger partial charge in [-0.3, -0.25) is 0 Å². The van der Waals surface area contributed by atoms with Crippen molar-refractivity contribution in [1.82, 2.24) is 10.2 Å². The van der Waals surface area contributed by atoms with Gasteiger partial charge >= 0.3 is 0 Å². The molecule has 16 heavy (non-hydrogen) atoms. The number of nitriles is 1. The predicted octanol–water partition coefficient (Wildman–Crippen LogP) is 1.13. The molecule has 1 aromatic heterocycles. The smallest absolute Gasteiger partial charge is 0.166 e. The van der Waals surface area contributed by atoms with E-state index in [9.17, 15) is 0 Å². The zero-order valence-corrected chi connectivity index (χ0v) is 9.64. The zero-order valence-electron chi connectivity index (χ0n) is 9.64. The van der Waals surface area contributed by atoms with Crippen molar-refractivity contribution in [3.8, 4) is 6.07 Å². The van der Waals surface area contributed by atoms with E-state index in [0.717, 1.165) is 6.42 Å². The Bertz CT molecular complexity index is 369. The molecule has 5 nitrogen and oxygen atoms in total. The number of hydrogen-bond donors (Lipinski definition) is 2. The van der Waals surface area contributed by atoms with Crippen molar-refractivity contribution < 1.29 is 0 Å². The van der Waals surface area contributed by atoms with E-state index in [-0.39, 0.29) is 6.04 Å². The fourth-order valence-electron chi connectivity index (χ4n) is 1.51. The molecule has 0 saturated carbocycles. The van der Waals surface area contributed by atoms with Crippen LogP contribution in [0.5, 0.6) is 0 Å². The van der Waals surface area contributed by atoms with Gasteiger partial charge in [-0.05, 0) is 18.4 Å². The third-order valence-corrected chi connectivity index (χ3v) is 2.22. The molecule has 86 valence electrons. The average molecular weight is 219 g/mol. The Kier molecular flexibility index (Phi) is 4.67. The molecule has 0 aromatic carbocycles. The summed E-state index contributed by atoms with van der Waals surface area (Å²) in [5.74, 6) is 1.06. The van der Waals surface area contributed by atoms with Crippen molar-refractivity contribution in [1.29, 1.82) is 5.26 Å². The number of nitrogens with zero attached hydrogens (tertiary/aromatic N) is 3. The lowest BCUT2D eigenvalue weighted by Crippen LogP contribution is -2.31. The summed E-state index contributed by atoms with van der Waals surface area (Å²) in [5, 5.41) is 19.7. The second-order valence-corrected chi connectivity index (χ2v) is 4.11. The molecule has 0 aliphatic rings. The second kappa shape index (κ2) is 6.03. The molecule has 1 heterocycles. The van der Waals surface area contributed by atoms with E-state index in [4.69, 9.17) is 11.0 Å². The van der Waals surface area contributed by atoms with Crippen LogP contribution in [0.1, 0.15) is 25.8 Å². The van der Waals surface area contributed by atoms with E-state index in [2.05, 4.69) is 35.4 Å². The van der Waals surface area contributed by atoms with Crippen LogP contribution in [0.4, 0.5) is 5.82 Å². The minimum absolute atomic E-state index is 0.129. The molecule has 0 aliphatic heterocycles. The molecule has 1 unspecified atom stereocenters. The monoisotopic (exact) mass is 219 g/mol. The fourth-order valence-corrected chi connectivity index (χ4v) is 1.51. The van der Waals surface area contributed by atoms with Crippen LogP contribution >= 0.6 is 0 Å². The maximum absolute atomic E-state index is 8.90. The van der Waals surface area contributed by atoms with Crippen molar-refractivity contribution in [3.63, 3.8) is 0 Å². The van der Waals surface area contributed by atoms with Crippen LogP contribution in [-0.2, 0) is 0 Å². The van der Waals surface area contributed by atoms with E-state index in [1.807, 2.05) is 0 Å². The van der Waals surface area contributed by atoms with Gasteiger partial charge in [0.2, 0.25) is 0 Å². The molecule has 0 saturated heterocycles. The summed E-state index contributed by atoms with van der Waals surface area (Å²) in [6.07, 6.45) is 2.45. The van der Waals surface area contributed by atoms with Gasteiger partial charge in [0.1, 0.15) is 6.07 Å². The molecule has 3 N–H and O–H groups in total. The largest absolute Gasteiger partial charge is 0.363 e. The lowest BCUT2D eigenvalue weighted by molar-refractivity contribution is 0.520. The summed E-state index contributed by atoms with van der Waals surface area (Å²) in [6, 6.07) is 3.84. The van der Waals surface area contributed by atoms with Gasteiger partial charge < -0.3 is 11.1 Å². The van der Waals surface area contributed by atoms with E-state index in [0.29, 0.717) is 23.8 Å². The lowest BCUT2D eigenvalue weighted by Gasteiger charge is -2.19. The number of nitrogens with one attached hydrogen (secondary N) is 1. The maximum atomic E-state index is 8.90. The number of nitrogens with two attached hydrogens (primary N) is 1. The number of anilines is 1. The van der Waals surface area contributed by atoms with Gasteiger partial charge in [0.15, 0.2) is 5.82 Å². The van der Waals surface area contributed by atoms with Crippen LogP contribution in [-0.4, -0.2) is 22.8 Å². The van der Waals surface area contributed by atoms with Crippen molar-refractivity contribution in [2.24, 2.45) is 11.7 Å². The first-order valence-electron chi connectivity index (χ1n) is 5.35. The third-order valence-electron chi connectivity index (χ3n) is 2.22. The molecule has 0 radical (unpaired) electrons. The van der Waals surface area contributed by atoms with Crippen LogP contribution in [0.15, 0.2) is 12.3 Å². The molecule has 0 aliphatic carbocycles. The van der Waals surface area contributed by atoms with Gasteiger partial charge in [-0.1, -0.05) is 13.8 Å². The summed E-state index contributed by atoms with van der Waals surface area (Å²) in [6.45, 7) is 4.78. The molecule has 0 bridgehead atoms. The molecule has 0 spiro atoms. The molecule has 1 rings (SSSR count). The SMILES string of the molecule is CC(C)CC(CN)Nc1nnccc1C#N. The summed E-state index contributed by atoms with van der Waals surface area (Å²) in [7, 11) is 0. The Labute approximate surface area is 95.7 Å². The van der Waals surface area contributed by atoms with Crippen LogP contribution in [0, 0.1) is 17.2 Å². The van der Waals surface area contributed by atoms with Crippen LogP contribution in [0.25, 0.3) is 0 Å². The molecule has 1 atom stereocenters. The van der Waals surface area contributed by atoms with E-state index < -0.39 is 0 Å². The minimum Gasteiger partial charge on any atom is -0.363 e. The summed E-state index contributed by atoms with van der Waals surface area (Å²) in [4.78, 5) is 0. The Balaban J connectivity index is 2.74. The first-order chi connectivity index (χ1) is 7.67. The summed E-state index contributed by atoms with van der Waals surface area (Å²) >= 11 is 0. The van der Waals surface area contributed by atoms with Crippen LogP contribution in [0.2, 0.25) is 0 Å². The fraction of sp³-hybridized carbons (Fsp3) is 0.545. The highest BCUT2D eigenvalue weighted by Crippen LogP contribution is 2.13. The Hall–Kier alpha value is -1.67. The van der Waals surface area contributed by atoms with Crippen molar-refractivity contribution in [2.45, 2.75) is 26.3 Å². The molecular weight excluding hydrogens is 202 g/mol. The lowest BCUT2D eigenvalue weighted by atomic mass is 10.0. The summed E-state index contributed by atoms with van der Waals surface area (Å²) < 4.78 is 0. The van der Waals surface area contributed by atoms with Gasteiger partial charge in [-0.15, -0.1) is 5.10 Å². The second-order valence-electron chi connectivity index (χ2n) is 4.11. The van der Waals surface area contributed by atoms with Gasteiger partial charge in [-0.2, -0.15) is 10.4 Å². The highest BCUT2D eigenvalue weighted by Gasteiger charge is 2.12. The van der Waals surface area contributed by atoms with E-state index >= 15 is 0 Å². The summed E-state index contributed by atoms with van der Waals surface area (Å²) in [5.41, 5.74) is 6.16. The Morgan fingerprint density at radius 1 is 1.56 bits per heavy atom. The van der Waals surface area contributed by atoms with Gasteiger partial charge in [0.25, 0.3) is 0 Å². The van der Waals surface area contributed by atoms with Crippen molar-refractivity contribution >= 4 is 5.82 Å². The molecule has 5 heteroatoms. The first kappa shape index (κ1) is 12.4. The highest BCUT2D eigenvalue weighted by atomic mass is 15.2. The number of hydrogen-bond acceptors (Lipinski definition) is 5. The van der Waals surface area contributed by atoms with Gasteiger partial charge in [0, 0.05) is 12.6 Å². The topological polar surface area (TPSA) is 87.6 Å². The molecule has 0 fully saturated rings. The number of aromatic nitrogens is 2. The molecular formula is C11H17N5. The third kappa shape index (κ3) is 3.48. The minimum atomic E-state index is 0.129. The van der Waals surface area contributed by atoms with Gasteiger partial charge in [-0.25, -0.2) is 0 Å². The highest BCUT2D eigenvalue weighted by molar-refractivity contribution is 5.50. The quantitative estimate of drug-likeness (QED) is 0.775. The standard InChI is InChI=1S/C11H17N5/c1-8(2)5-10(7-13)15-11-9(6-12)3-4-14-16-11/h3-4,8,10H,5,7,13H2,1-2H3,(H,15,16). The van der Waals surface area contributed by atoms with E-state index in [1.165, 1.54) is 6.20 Å². The van der Waals surface area contributed by atoms with Gasteiger partial charge in [0.05, 0.1) is 11.8 Å². The van der Waals surface area contributed by atoms with Crippen molar-refractivity contribution in [3.05, 3.63) is 17.8 Å². The number of rotatable bonds is 5. The first-order valence-corrected chi connectivity index (χ1v) is 5.35. The Morgan fingerprint density at radius 2 is 2.31 bits per heavy atom. The van der Waals surface area contributed by atoms with Crippen LogP contribution < -0.4 is 11.1 Å². The van der Waals surface area contributed by atoms with Crippen LogP contribution in [0.3, 0.4) is 0 Å². The molecule has 1 aromatic rings. The van der Waals surface area contributed by atoms with E-state index in [1.54, 1.807) is 6.07 Å². The maximum Gasteiger partial charge on any atom is 0.166 e. The Morgan fingerprint density at radius 3 is 2.88 bits per heavy atom. The average Bonchev–Trinajstić information content (AvgIpc) is 2.28. The predicted molar refractivity (Wildman–Crippen MR) is 62.7 cm³/mol. The molecule has 0 amide bonds. The normalized spacial score (nSPS) is 12.2. The van der Waals surface area contributed by atoms with Crippen molar-refractivity contribution in [2.75, 3.05) is 11.9 Å².